The molecular weight excluding hydrogens is 345 g/mol. The van der Waals surface area contributed by atoms with Crippen LogP contribution in [0.1, 0.15) is 16.3 Å². The lowest BCUT2D eigenvalue weighted by Crippen LogP contribution is -2.16. The van der Waals surface area contributed by atoms with Crippen molar-refractivity contribution >= 4 is 28.8 Å². The first-order valence-electron chi connectivity index (χ1n) is 8.38. The number of hydrogen-bond acceptors (Lipinski definition) is 5. The first-order chi connectivity index (χ1) is 12.9. The molecular formula is C20H20FN5O. The maximum atomic E-state index is 13.7. The van der Waals surface area contributed by atoms with Crippen molar-refractivity contribution in [3.8, 4) is 0 Å². The highest BCUT2D eigenvalue weighted by Gasteiger charge is 2.13. The number of nitrogens with zero attached hydrogens (tertiary/aromatic N) is 3. The van der Waals surface area contributed by atoms with Crippen LogP contribution in [0.4, 0.5) is 27.3 Å². The van der Waals surface area contributed by atoms with Gasteiger partial charge in [-0.15, -0.1) is 0 Å². The maximum Gasteiger partial charge on any atom is 0.274 e. The van der Waals surface area contributed by atoms with Gasteiger partial charge in [0.1, 0.15) is 23.2 Å². The Balaban J connectivity index is 1.79. The van der Waals surface area contributed by atoms with Gasteiger partial charge in [0.2, 0.25) is 0 Å². The second-order valence-electron chi connectivity index (χ2n) is 6.19. The summed E-state index contributed by atoms with van der Waals surface area (Å²) in [6.07, 6.45) is 0. The number of carbonyl (C=O) groups is 1. The molecule has 1 heterocycles. The van der Waals surface area contributed by atoms with Crippen LogP contribution in [0.25, 0.3) is 0 Å². The van der Waals surface area contributed by atoms with Crippen molar-refractivity contribution in [2.75, 3.05) is 29.6 Å². The standard InChI is InChI=1S/C20H20FN5O/c1-13-22-18(20(27)25-17-7-5-4-6-16(17)21)12-19(23-13)24-14-8-10-15(11-9-14)26(2)3/h4-12H,1-3H3,(H,25,27)(H,22,23,24). The number of hydrogen-bond donors (Lipinski definition) is 2. The zero-order chi connectivity index (χ0) is 19.4. The lowest BCUT2D eigenvalue weighted by atomic mass is 10.2. The van der Waals surface area contributed by atoms with Crippen molar-refractivity contribution in [3.63, 3.8) is 0 Å². The molecule has 0 aliphatic rings. The number of benzene rings is 2. The molecule has 0 saturated heterocycles. The average Bonchev–Trinajstić information content (AvgIpc) is 2.63. The van der Waals surface area contributed by atoms with Crippen LogP contribution in [0.2, 0.25) is 0 Å². The minimum Gasteiger partial charge on any atom is -0.378 e. The molecule has 0 radical (unpaired) electrons. The summed E-state index contributed by atoms with van der Waals surface area (Å²) in [5.74, 6) is -0.0880. The van der Waals surface area contributed by atoms with Gasteiger partial charge in [0.05, 0.1) is 5.69 Å². The van der Waals surface area contributed by atoms with Crippen molar-refractivity contribution in [1.82, 2.24) is 9.97 Å². The predicted octanol–water partition coefficient (Wildman–Crippen LogP) is 3.99. The Morgan fingerprint density at radius 1 is 1.04 bits per heavy atom. The first kappa shape index (κ1) is 18.3. The summed E-state index contributed by atoms with van der Waals surface area (Å²) in [5, 5.41) is 5.68. The topological polar surface area (TPSA) is 70.2 Å². The van der Waals surface area contributed by atoms with E-state index in [1.54, 1.807) is 19.1 Å². The quantitative estimate of drug-likeness (QED) is 0.716. The summed E-state index contributed by atoms with van der Waals surface area (Å²) >= 11 is 0. The van der Waals surface area contributed by atoms with E-state index in [0.717, 1.165) is 11.4 Å². The van der Waals surface area contributed by atoms with E-state index in [4.69, 9.17) is 0 Å². The zero-order valence-electron chi connectivity index (χ0n) is 15.3. The maximum absolute atomic E-state index is 13.7. The van der Waals surface area contributed by atoms with Crippen molar-refractivity contribution < 1.29 is 9.18 Å². The van der Waals surface area contributed by atoms with Gasteiger partial charge >= 0.3 is 0 Å². The summed E-state index contributed by atoms with van der Waals surface area (Å²) < 4.78 is 13.7. The van der Waals surface area contributed by atoms with E-state index < -0.39 is 11.7 Å². The zero-order valence-corrected chi connectivity index (χ0v) is 15.3. The monoisotopic (exact) mass is 365 g/mol. The Bertz CT molecular complexity index is 957. The Kier molecular flexibility index (Phi) is 5.30. The van der Waals surface area contributed by atoms with E-state index >= 15 is 0 Å². The van der Waals surface area contributed by atoms with Crippen LogP contribution in [-0.4, -0.2) is 30.0 Å². The highest BCUT2D eigenvalue weighted by Crippen LogP contribution is 2.20. The number of rotatable bonds is 5. The number of aryl methyl sites for hydroxylation is 1. The van der Waals surface area contributed by atoms with Crippen LogP contribution in [0, 0.1) is 12.7 Å². The SMILES string of the molecule is Cc1nc(Nc2ccc(N(C)C)cc2)cc(C(=O)Nc2ccccc2F)n1. The van der Waals surface area contributed by atoms with E-state index in [1.165, 1.54) is 18.2 Å². The third-order valence-electron chi connectivity index (χ3n) is 3.85. The molecule has 6 nitrogen and oxygen atoms in total. The minimum atomic E-state index is -0.504. The fourth-order valence-corrected chi connectivity index (χ4v) is 2.49. The lowest BCUT2D eigenvalue weighted by molar-refractivity contribution is 0.102. The number of halogens is 1. The van der Waals surface area contributed by atoms with Crippen molar-refractivity contribution in [2.24, 2.45) is 0 Å². The fraction of sp³-hybridized carbons (Fsp3) is 0.150. The van der Waals surface area contributed by atoms with E-state index in [-0.39, 0.29) is 11.4 Å². The van der Waals surface area contributed by atoms with Crippen LogP contribution in [-0.2, 0) is 0 Å². The van der Waals surface area contributed by atoms with Gasteiger partial charge in [-0.1, -0.05) is 12.1 Å². The van der Waals surface area contributed by atoms with Crippen molar-refractivity contribution in [1.29, 1.82) is 0 Å². The number of carbonyl (C=O) groups excluding carboxylic acids is 1. The second kappa shape index (κ2) is 7.82. The molecule has 0 fully saturated rings. The molecule has 2 aromatic carbocycles. The molecule has 138 valence electrons. The van der Waals surface area contributed by atoms with E-state index in [2.05, 4.69) is 20.6 Å². The summed E-state index contributed by atoms with van der Waals surface area (Å²) in [6, 6.07) is 15.3. The second-order valence-corrected chi connectivity index (χ2v) is 6.19. The molecule has 1 amide bonds. The van der Waals surface area contributed by atoms with Crippen LogP contribution < -0.4 is 15.5 Å². The molecule has 0 atom stereocenters. The summed E-state index contributed by atoms with van der Waals surface area (Å²) in [5.41, 5.74) is 2.16. The number of nitrogens with one attached hydrogen (secondary N) is 2. The molecule has 0 aliphatic carbocycles. The highest BCUT2D eigenvalue weighted by molar-refractivity contribution is 6.03. The average molecular weight is 365 g/mol. The van der Waals surface area contributed by atoms with Crippen LogP contribution >= 0.6 is 0 Å². The molecule has 27 heavy (non-hydrogen) atoms. The van der Waals surface area contributed by atoms with Gasteiger partial charge in [-0.3, -0.25) is 4.79 Å². The van der Waals surface area contributed by atoms with Gasteiger partial charge < -0.3 is 15.5 Å². The fourth-order valence-electron chi connectivity index (χ4n) is 2.49. The van der Waals surface area contributed by atoms with Gasteiger partial charge in [-0.25, -0.2) is 14.4 Å². The molecule has 3 aromatic rings. The molecule has 0 aliphatic heterocycles. The molecule has 1 aromatic heterocycles. The number of amides is 1. The molecule has 0 spiro atoms. The normalized spacial score (nSPS) is 10.4. The smallest absolute Gasteiger partial charge is 0.274 e. The Morgan fingerprint density at radius 3 is 2.41 bits per heavy atom. The van der Waals surface area contributed by atoms with Crippen molar-refractivity contribution in [3.05, 3.63) is 71.9 Å². The highest BCUT2D eigenvalue weighted by atomic mass is 19.1. The van der Waals surface area contributed by atoms with E-state index in [9.17, 15) is 9.18 Å². The molecule has 3 rings (SSSR count). The molecule has 0 unspecified atom stereocenters. The largest absolute Gasteiger partial charge is 0.378 e. The third-order valence-corrected chi connectivity index (χ3v) is 3.85. The van der Waals surface area contributed by atoms with Crippen LogP contribution in [0.15, 0.2) is 54.6 Å². The van der Waals surface area contributed by atoms with E-state index in [0.29, 0.717) is 11.6 Å². The van der Waals surface area contributed by atoms with Crippen LogP contribution in [0.3, 0.4) is 0 Å². The van der Waals surface area contributed by atoms with Crippen LogP contribution in [0.5, 0.6) is 0 Å². The number of para-hydroxylation sites is 1. The minimum absolute atomic E-state index is 0.104. The van der Waals surface area contributed by atoms with E-state index in [1.807, 2.05) is 43.3 Å². The van der Waals surface area contributed by atoms with Crippen molar-refractivity contribution in [2.45, 2.75) is 6.92 Å². The summed E-state index contributed by atoms with van der Waals surface area (Å²) in [4.78, 5) is 22.9. The van der Waals surface area contributed by atoms with Gasteiger partial charge in [0.15, 0.2) is 0 Å². The third kappa shape index (κ3) is 4.58. The van der Waals surface area contributed by atoms with Gasteiger partial charge in [0, 0.05) is 31.5 Å². The Morgan fingerprint density at radius 2 is 1.74 bits per heavy atom. The predicted molar refractivity (Wildman–Crippen MR) is 105 cm³/mol. The van der Waals surface area contributed by atoms with Gasteiger partial charge in [0.25, 0.3) is 5.91 Å². The summed E-state index contributed by atoms with van der Waals surface area (Å²) in [7, 11) is 3.94. The Labute approximate surface area is 157 Å². The van der Waals surface area contributed by atoms with Gasteiger partial charge in [-0.05, 0) is 43.3 Å². The number of anilines is 4. The molecule has 2 N–H and O–H groups in total. The lowest BCUT2D eigenvalue weighted by Gasteiger charge is -2.13. The molecule has 0 saturated carbocycles. The van der Waals surface area contributed by atoms with Gasteiger partial charge in [-0.2, -0.15) is 0 Å². The molecule has 7 heteroatoms. The first-order valence-corrected chi connectivity index (χ1v) is 8.38. The Hall–Kier alpha value is -3.48. The number of aromatic nitrogens is 2. The molecule has 0 bridgehead atoms. The summed E-state index contributed by atoms with van der Waals surface area (Å²) in [6.45, 7) is 1.69.